The third-order valence-electron chi connectivity index (χ3n) is 4.96. The van der Waals surface area contributed by atoms with Crippen molar-refractivity contribution in [3.05, 3.63) is 52.5 Å². The predicted octanol–water partition coefficient (Wildman–Crippen LogP) is 4.12. The molecule has 3 rings (SSSR count). The lowest BCUT2D eigenvalue weighted by molar-refractivity contribution is -0.118. The lowest BCUT2D eigenvalue weighted by atomic mass is 10.1. The minimum absolute atomic E-state index is 0.0404. The van der Waals surface area contributed by atoms with Gasteiger partial charge in [-0.05, 0) is 61.9 Å². The van der Waals surface area contributed by atoms with Gasteiger partial charge >= 0.3 is 0 Å². The van der Waals surface area contributed by atoms with Gasteiger partial charge in [0.2, 0.25) is 0 Å². The molecule has 150 valence electrons. The van der Waals surface area contributed by atoms with Gasteiger partial charge in [-0.15, -0.1) is 0 Å². The van der Waals surface area contributed by atoms with E-state index in [1.54, 1.807) is 6.07 Å². The lowest BCUT2D eigenvalue weighted by Gasteiger charge is -2.36. The normalized spacial score (nSPS) is 14.8. The number of carbonyl (C=O) groups excluding carboxylic acids is 1. The monoisotopic (exact) mass is 401 g/mol. The number of benzene rings is 2. The summed E-state index contributed by atoms with van der Waals surface area (Å²) in [6, 6.07) is 11.6. The van der Waals surface area contributed by atoms with Crippen LogP contribution in [0.3, 0.4) is 0 Å². The summed E-state index contributed by atoms with van der Waals surface area (Å²) in [5, 5.41) is 3.50. The Morgan fingerprint density at radius 1 is 1.07 bits per heavy atom. The maximum Gasteiger partial charge on any atom is 0.262 e. The number of aryl methyl sites for hydroxylation is 2. The Labute approximate surface area is 172 Å². The topological polar surface area (TPSA) is 44.8 Å². The Hall–Kier alpha value is -2.24. The van der Waals surface area contributed by atoms with Crippen LogP contribution in [-0.4, -0.2) is 50.1 Å². The SMILES string of the molecule is CCN1CCN(c2ccc(NC(=O)COc3cc(C)cc(C)c3)cc2Cl)CC1. The number of nitrogens with zero attached hydrogens (tertiary/aromatic N) is 2. The Morgan fingerprint density at radius 2 is 1.75 bits per heavy atom. The minimum Gasteiger partial charge on any atom is -0.484 e. The standard InChI is InChI=1S/C22H28ClN3O2/c1-4-25-7-9-26(10-8-25)21-6-5-18(14-20(21)23)24-22(27)15-28-19-12-16(2)11-17(3)13-19/h5-6,11-14H,4,7-10,15H2,1-3H3,(H,24,27). The molecule has 1 aliphatic rings. The molecule has 5 nitrogen and oxygen atoms in total. The number of carbonyl (C=O) groups is 1. The molecule has 28 heavy (non-hydrogen) atoms. The zero-order valence-electron chi connectivity index (χ0n) is 16.8. The molecule has 2 aromatic carbocycles. The molecule has 1 fully saturated rings. The molecule has 0 aliphatic carbocycles. The van der Waals surface area contributed by atoms with E-state index in [0.29, 0.717) is 16.5 Å². The molecule has 0 aromatic heterocycles. The van der Waals surface area contributed by atoms with Crippen LogP contribution in [0.15, 0.2) is 36.4 Å². The molecule has 0 bridgehead atoms. The van der Waals surface area contributed by atoms with Gasteiger partial charge in [0.15, 0.2) is 6.61 Å². The third-order valence-corrected chi connectivity index (χ3v) is 5.26. The first kappa shape index (κ1) is 20.5. The third kappa shape index (κ3) is 5.40. The second kappa shape index (κ2) is 9.30. The van der Waals surface area contributed by atoms with Crippen molar-refractivity contribution >= 4 is 28.9 Å². The molecule has 1 heterocycles. The first-order valence-corrected chi connectivity index (χ1v) is 10.1. The molecule has 2 aromatic rings. The molecule has 0 radical (unpaired) electrons. The fourth-order valence-corrected chi connectivity index (χ4v) is 3.81. The predicted molar refractivity (Wildman–Crippen MR) is 116 cm³/mol. The summed E-state index contributed by atoms with van der Waals surface area (Å²) in [5.74, 6) is 0.492. The first-order valence-electron chi connectivity index (χ1n) is 9.72. The molecule has 6 heteroatoms. The number of anilines is 2. The number of nitrogens with one attached hydrogen (secondary N) is 1. The van der Waals surface area contributed by atoms with Crippen molar-refractivity contribution in [3.63, 3.8) is 0 Å². The number of hydrogen-bond donors (Lipinski definition) is 1. The van der Waals surface area contributed by atoms with Crippen LogP contribution < -0.4 is 15.0 Å². The van der Waals surface area contributed by atoms with Crippen molar-refractivity contribution < 1.29 is 9.53 Å². The van der Waals surface area contributed by atoms with Gasteiger partial charge in [0.25, 0.3) is 5.91 Å². The molecule has 0 spiro atoms. The molecule has 1 amide bonds. The second-order valence-corrected chi connectivity index (χ2v) is 7.65. The Bertz CT molecular complexity index is 812. The first-order chi connectivity index (χ1) is 13.4. The van der Waals surface area contributed by atoms with Crippen molar-refractivity contribution in [2.75, 3.05) is 49.5 Å². The van der Waals surface area contributed by atoms with Gasteiger partial charge in [0.1, 0.15) is 5.75 Å². The van der Waals surface area contributed by atoms with E-state index >= 15 is 0 Å². The number of likely N-dealkylation sites (N-methyl/N-ethyl adjacent to an activating group) is 1. The Morgan fingerprint density at radius 3 is 2.36 bits per heavy atom. The molecule has 1 saturated heterocycles. The van der Waals surface area contributed by atoms with Crippen molar-refractivity contribution in [1.82, 2.24) is 4.90 Å². The highest BCUT2D eigenvalue weighted by Crippen LogP contribution is 2.29. The molecular formula is C22H28ClN3O2. The summed E-state index contributed by atoms with van der Waals surface area (Å²) in [6.07, 6.45) is 0. The van der Waals surface area contributed by atoms with Crippen LogP contribution in [0.25, 0.3) is 0 Å². The van der Waals surface area contributed by atoms with Crippen LogP contribution in [-0.2, 0) is 4.79 Å². The largest absolute Gasteiger partial charge is 0.484 e. The quantitative estimate of drug-likeness (QED) is 0.790. The fraction of sp³-hybridized carbons (Fsp3) is 0.409. The van der Waals surface area contributed by atoms with Crippen LogP contribution >= 0.6 is 11.6 Å². The molecule has 0 atom stereocenters. The van der Waals surface area contributed by atoms with E-state index < -0.39 is 0 Å². The van der Waals surface area contributed by atoms with E-state index in [1.807, 2.05) is 38.1 Å². The molecule has 0 saturated carbocycles. The second-order valence-electron chi connectivity index (χ2n) is 7.25. The van der Waals surface area contributed by atoms with Gasteiger partial charge in [-0.25, -0.2) is 0 Å². The average Bonchev–Trinajstić information content (AvgIpc) is 2.66. The number of amides is 1. The number of piperazine rings is 1. The average molecular weight is 402 g/mol. The van der Waals surface area contributed by atoms with E-state index in [1.165, 1.54) is 0 Å². The van der Waals surface area contributed by atoms with Crippen molar-refractivity contribution in [2.45, 2.75) is 20.8 Å². The molecular weight excluding hydrogens is 374 g/mol. The van der Waals surface area contributed by atoms with Crippen LogP contribution in [0, 0.1) is 13.8 Å². The van der Waals surface area contributed by atoms with Gasteiger partial charge in [-0.1, -0.05) is 24.6 Å². The molecule has 0 unspecified atom stereocenters. The summed E-state index contributed by atoms with van der Waals surface area (Å²) in [6.45, 7) is 11.2. The number of hydrogen-bond acceptors (Lipinski definition) is 4. The highest BCUT2D eigenvalue weighted by atomic mass is 35.5. The van der Waals surface area contributed by atoms with E-state index in [0.717, 1.165) is 49.5 Å². The van der Waals surface area contributed by atoms with Gasteiger partial charge in [-0.2, -0.15) is 0 Å². The summed E-state index contributed by atoms with van der Waals surface area (Å²) in [7, 11) is 0. The minimum atomic E-state index is -0.209. The van der Waals surface area contributed by atoms with Crippen LogP contribution in [0.4, 0.5) is 11.4 Å². The van der Waals surface area contributed by atoms with Gasteiger partial charge < -0.3 is 19.9 Å². The Balaban J connectivity index is 1.55. The van der Waals surface area contributed by atoms with Crippen LogP contribution in [0.1, 0.15) is 18.1 Å². The van der Waals surface area contributed by atoms with Crippen LogP contribution in [0.2, 0.25) is 5.02 Å². The number of rotatable bonds is 6. The van der Waals surface area contributed by atoms with Crippen molar-refractivity contribution in [3.8, 4) is 5.75 Å². The number of ether oxygens (including phenoxy) is 1. The highest BCUT2D eigenvalue weighted by molar-refractivity contribution is 6.33. The summed E-state index contributed by atoms with van der Waals surface area (Å²) >= 11 is 6.49. The van der Waals surface area contributed by atoms with Gasteiger partial charge in [-0.3, -0.25) is 4.79 Å². The highest BCUT2D eigenvalue weighted by Gasteiger charge is 2.18. The van der Waals surface area contributed by atoms with Crippen molar-refractivity contribution in [2.24, 2.45) is 0 Å². The lowest BCUT2D eigenvalue weighted by Crippen LogP contribution is -2.46. The van der Waals surface area contributed by atoms with Crippen molar-refractivity contribution in [1.29, 1.82) is 0 Å². The molecule has 1 N–H and O–H groups in total. The van der Waals surface area contributed by atoms with Gasteiger partial charge in [0.05, 0.1) is 10.7 Å². The Kier molecular flexibility index (Phi) is 6.81. The van der Waals surface area contributed by atoms with E-state index in [2.05, 4.69) is 28.1 Å². The zero-order chi connectivity index (χ0) is 20.1. The smallest absolute Gasteiger partial charge is 0.262 e. The van der Waals surface area contributed by atoms with E-state index in [9.17, 15) is 4.79 Å². The molecule has 1 aliphatic heterocycles. The summed E-state index contributed by atoms with van der Waals surface area (Å²) in [5.41, 5.74) is 3.91. The summed E-state index contributed by atoms with van der Waals surface area (Å²) < 4.78 is 5.61. The van der Waals surface area contributed by atoms with E-state index in [-0.39, 0.29) is 12.5 Å². The van der Waals surface area contributed by atoms with Gasteiger partial charge in [0, 0.05) is 31.9 Å². The maximum absolute atomic E-state index is 12.2. The zero-order valence-corrected chi connectivity index (χ0v) is 17.6. The summed E-state index contributed by atoms with van der Waals surface area (Å²) in [4.78, 5) is 16.9. The van der Waals surface area contributed by atoms with Crippen LogP contribution in [0.5, 0.6) is 5.75 Å². The fourth-order valence-electron chi connectivity index (χ4n) is 3.51. The number of halogens is 1. The van der Waals surface area contributed by atoms with E-state index in [4.69, 9.17) is 16.3 Å². The maximum atomic E-state index is 12.2.